The van der Waals surface area contributed by atoms with Gasteiger partial charge < -0.3 is 15.3 Å². The molecule has 0 aliphatic carbocycles. The van der Waals surface area contributed by atoms with Gasteiger partial charge in [0.05, 0.1) is 0 Å². The molecule has 1 aromatic heterocycles. The van der Waals surface area contributed by atoms with Crippen molar-refractivity contribution in [2.75, 3.05) is 6.61 Å². The predicted octanol–water partition coefficient (Wildman–Crippen LogP) is 0.873. The van der Waals surface area contributed by atoms with Crippen LogP contribution in [-0.4, -0.2) is 28.1 Å². The number of aromatic nitrogens is 1. The molecule has 0 amide bonds. The number of fused-ring (bicyclic) bond motifs is 1. The zero-order valence-corrected chi connectivity index (χ0v) is 8.38. The van der Waals surface area contributed by atoms with Crippen LogP contribution in [0.25, 0.3) is 10.9 Å². The van der Waals surface area contributed by atoms with Gasteiger partial charge in [0.25, 0.3) is 0 Å². The average Bonchev–Trinajstić information content (AvgIpc) is 2.26. The Hall–Kier alpha value is -2.14. The van der Waals surface area contributed by atoms with Gasteiger partial charge in [-0.05, 0) is 12.1 Å². The van der Waals surface area contributed by atoms with E-state index in [4.69, 9.17) is 9.84 Å². The molecule has 5 nitrogen and oxygen atoms in total. The minimum absolute atomic E-state index is 0. The number of aliphatic carboxylic acids is 1. The highest BCUT2D eigenvalue weighted by Crippen LogP contribution is 2.22. The summed E-state index contributed by atoms with van der Waals surface area (Å²) in [7, 11) is 0. The van der Waals surface area contributed by atoms with E-state index < -0.39 is 5.97 Å². The SMILES string of the molecule is O.O=C(O)COc1cccc2cccnc12. The maximum absolute atomic E-state index is 10.4. The van der Waals surface area contributed by atoms with E-state index >= 15 is 0 Å². The van der Waals surface area contributed by atoms with Crippen LogP contribution in [0.4, 0.5) is 0 Å². The number of para-hydroxylation sites is 1. The summed E-state index contributed by atoms with van der Waals surface area (Å²) in [4.78, 5) is 14.5. The smallest absolute Gasteiger partial charge is 0.341 e. The van der Waals surface area contributed by atoms with Crippen LogP contribution < -0.4 is 4.74 Å². The number of carbonyl (C=O) groups is 1. The maximum Gasteiger partial charge on any atom is 0.341 e. The Kier molecular flexibility index (Phi) is 3.79. The monoisotopic (exact) mass is 221 g/mol. The van der Waals surface area contributed by atoms with Gasteiger partial charge in [0.1, 0.15) is 11.3 Å². The van der Waals surface area contributed by atoms with E-state index in [9.17, 15) is 4.79 Å². The van der Waals surface area contributed by atoms with Crippen LogP contribution in [0.1, 0.15) is 0 Å². The fourth-order valence-corrected chi connectivity index (χ4v) is 1.33. The standard InChI is InChI=1S/C11H9NO3.H2O/c13-10(14)7-15-9-5-1-3-8-4-2-6-12-11(8)9;/h1-6H,7H2,(H,13,14);1H2. The fourth-order valence-electron chi connectivity index (χ4n) is 1.33. The molecule has 0 atom stereocenters. The highest BCUT2D eigenvalue weighted by atomic mass is 16.5. The number of hydrogen-bond acceptors (Lipinski definition) is 3. The van der Waals surface area contributed by atoms with Crippen LogP contribution in [0.15, 0.2) is 36.5 Å². The molecule has 5 heteroatoms. The van der Waals surface area contributed by atoms with Crippen molar-refractivity contribution in [2.24, 2.45) is 0 Å². The van der Waals surface area contributed by atoms with Gasteiger partial charge in [0.15, 0.2) is 6.61 Å². The van der Waals surface area contributed by atoms with Crippen molar-refractivity contribution in [1.82, 2.24) is 4.98 Å². The van der Waals surface area contributed by atoms with E-state index in [1.54, 1.807) is 18.3 Å². The number of carboxylic acid groups (broad SMARTS) is 1. The molecule has 2 rings (SSSR count). The van der Waals surface area contributed by atoms with Gasteiger partial charge in [-0.2, -0.15) is 0 Å². The maximum atomic E-state index is 10.4. The van der Waals surface area contributed by atoms with Crippen LogP contribution in [0.2, 0.25) is 0 Å². The minimum Gasteiger partial charge on any atom is -0.480 e. The Morgan fingerprint density at radius 1 is 1.31 bits per heavy atom. The summed E-state index contributed by atoms with van der Waals surface area (Å²) in [6.07, 6.45) is 1.65. The Morgan fingerprint density at radius 3 is 2.81 bits per heavy atom. The van der Waals surface area contributed by atoms with Gasteiger partial charge in [-0.15, -0.1) is 0 Å². The van der Waals surface area contributed by atoms with Crippen LogP contribution in [-0.2, 0) is 4.79 Å². The van der Waals surface area contributed by atoms with Gasteiger partial charge in [0, 0.05) is 11.6 Å². The fraction of sp³-hybridized carbons (Fsp3) is 0.0909. The highest BCUT2D eigenvalue weighted by Gasteiger charge is 2.04. The number of nitrogens with zero attached hydrogens (tertiary/aromatic N) is 1. The van der Waals surface area contributed by atoms with Gasteiger partial charge in [0.2, 0.25) is 0 Å². The van der Waals surface area contributed by atoms with Crippen molar-refractivity contribution >= 4 is 16.9 Å². The van der Waals surface area contributed by atoms with Crippen molar-refractivity contribution in [3.05, 3.63) is 36.5 Å². The van der Waals surface area contributed by atoms with Gasteiger partial charge >= 0.3 is 5.97 Å². The van der Waals surface area contributed by atoms with Gasteiger partial charge in [-0.3, -0.25) is 4.98 Å². The molecule has 16 heavy (non-hydrogen) atoms. The average molecular weight is 221 g/mol. The molecule has 84 valence electrons. The van der Waals surface area contributed by atoms with Gasteiger partial charge in [-0.1, -0.05) is 18.2 Å². The third-order valence-electron chi connectivity index (χ3n) is 1.95. The lowest BCUT2D eigenvalue weighted by Crippen LogP contribution is -2.09. The van der Waals surface area contributed by atoms with Crippen molar-refractivity contribution in [2.45, 2.75) is 0 Å². The summed E-state index contributed by atoms with van der Waals surface area (Å²) in [5.74, 6) is -0.501. The van der Waals surface area contributed by atoms with Crippen molar-refractivity contribution in [3.8, 4) is 5.75 Å². The Balaban J connectivity index is 0.00000128. The second kappa shape index (κ2) is 5.09. The molecule has 0 fully saturated rings. The number of rotatable bonds is 3. The first-order valence-corrected chi connectivity index (χ1v) is 4.46. The second-order valence-electron chi connectivity index (χ2n) is 3.01. The highest BCUT2D eigenvalue weighted by molar-refractivity contribution is 5.84. The molecule has 0 aliphatic heterocycles. The molecular weight excluding hydrogens is 210 g/mol. The first-order chi connectivity index (χ1) is 7.27. The van der Waals surface area contributed by atoms with E-state index in [0.717, 1.165) is 5.39 Å². The Morgan fingerprint density at radius 2 is 2.06 bits per heavy atom. The molecule has 0 bridgehead atoms. The topological polar surface area (TPSA) is 90.9 Å². The molecular formula is C11H11NO4. The lowest BCUT2D eigenvalue weighted by Gasteiger charge is -2.05. The van der Waals surface area contributed by atoms with E-state index in [2.05, 4.69) is 4.98 Å². The van der Waals surface area contributed by atoms with E-state index in [0.29, 0.717) is 11.3 Å². The largest absolute Gasteiger partial charge is 0.480 e. The predicted molar refractivity (Wildman–Crippen MR) is 58.5 cm³/mol. The Labute approximate surface area is 91.6 Å². The first kappa shape index (κ1) is 11.9. The summed E-state index contributed by atoms with van der Waals surface area (Å²) >= 11 is 0. The number of pyridine rings is 1. The summed E-state index contributed by atoms with van der Waals surface area (Å²) in [6.45, 7) is -0.352. The lowest BCUT2D eigenvalue weighted by molar-refractivity contribution is -0.139. The summed E-state index contributed by atoms with van der Waals surface area (Å²) in [6, 6.07) is 9.13. The van der Waals surface area contributed by atoms with E-state index in [1.807, 2.05) is 18.2 Å². The van der Waals surface area contributed by atoms with Crippen LogP contribution in [0.3, 0.4) is 0 Å². The molecule has 0 radical (unpaired) electrons. The van der Waals surface area contributed by atoms with Crippen LogP contribution in [0.5, 0.6) is 5.75 Å². The van der Waals surface area contributed by atoms with Crippen LogP contribution >= 0.6 is 0 Å². The molecule has 0 saturated heterocycles. The lowest BCUT2D eigenvalue weighted by atomic mass is 10.2. The molecule has 0 spiro atoms. The zero-order valence-electron chi connectivity index (χ0n) is 8.38. The van der Waals surface area contributed by atoms with Gasteiger partial charge in [-0.25, -0.2) is 4.79 Å². The first-order valence-electron chi connectivity index (χ1n) is 4.46. The summed E-state index contributed by atoms with van der Waals surface area (Å²) in [5, 5.41) is 9.43. The third-order valence-corrected chi connectivity index (χ3v) is 1.95. The van der Waals surface area contributed by atoms with E-state index in [1.165, 1.54) is 0 Å². The van der Waals surface area contributed by atoms with Crippen LogP contribution in [0, 0.1) is 0 Å². The zero-order chi connectivity index (χ0) is 10.7. The van der Waals surface area contributed by atoms with Crippen molar-refractivity contribution in [3.63, 3.8) is 0 Å². The molecule has 0 saturated carbocycles. The molecule has 0 unspecified atom stereocenters. The third kappa shape index (κ3) is 2.46. The molecule has 1 heterocycles. The normalized spacial score (nSPS) is 9.50. The second-order valence-corrected chi connectivity index (χ2v) is 3.01. The molecule has 2 aromatic rings. The number of benzene rings is 1. The van der Waals surface area contributed by atoms with Crippen molar-refractivity contribution < 1.29 is 20.1 Å². The summed E-state index contributed by atoms with van der Waals surface area (Å²) < 4.78 is 5.12. The number of ether oxygens (including phenoxy) is 1. The summed E-state index contributed by atoms with van der Waals surface area (Å²) in [5.41, 5.74) is 0.682. The van der Waals surface area contributed by atoms with Crippen molar-refractivity contribution in [1.29, 1.82) is 0 Å². The Bertz CT molecular complexity index is 493. The number of carboxylic acids is 1. The molecule has 1 aromatic carbocycles. The quantitative estimate of drug-likeness (QED) is 0.832. The molecule has 3 N–H and O–H groups in total. The number of hydrogen-bond donors (Lipinski definition) is 1. The van der Waals surface area contributed by atoms with E-state index in [-0.39, 0.29) is 12.1 Å². The molecule has 0 aliphatic rings. The minimum atomic E-state index is -0.997.